The smallest absolute Gasteiger partial charge is 0.227 e. The molecule has 0 amide bonds. The van der Waals surface area contributed by atoms with Crippen LogP contribution in [0.1, 0.15) is 269 Å². The van der Waals surface area contributed by atoms with Crippen molar-refractivity contribution in [1.29, 1.82) is 0 Å². The first-order chi connectivity index (χ1) is 59.3. The molecule has 588 valence electrons. The summed E-state index contributed by atoms with van der Waals surface area (Å²) in [4.78, 5) is 18.8. The van der Waals surface area contributed by atoms with Crippen molar-refractivity contribution in [1.82, 2.24) is 19.9 Å². The van der Waals surface area contributed by atoms with Crippen LogP contribution in [0.2, 0.25) is 0 Å². The zero-order valence-corrected chi connectivity index (χ0v) is 71.2. The normalized spacial score (nSPS) is 14.6. The van der Waals surface area contributed by atoms with E-state index in [1.54, 1.807) is 80.0 Å². The van der Waals surface area contributed by atoms with Crippen molar-refractivity contribution in [3.05, 3.63) is 236 Å². The lowest BCUT2D eigenvalue weighted by Gasteiger charge is -2.13. The van der Waals surface area contributed by atoms with Crippen molar-refractivity contribution in [2.75, 3.05) is 0 Å². The molecule has 12 heteroatoms. The lowest BCUT2D eigenvalue weighted by molar-refractivity contribution is -0.661. The molecule has 16 aromatic rings. The number of rotatable bonds is 16. The maximum Gasteiger partial charge on any atom is 0.227 e. The van der Waals surface area contributed by atoms with Gasteiger partial charge in [0, 0.05) is 132 Å². The molecule has 0 fully saturated rings. The molecular weight excluding hydrogens is 1400 g/mol. The molecule has 4 aromatic carbocycles. The fourth-order valence-corrected chi connectivity index (χ4v) is 15.7. The van der Waals surface area contributed by atoms with Crippen LogP contribution in [0.3, 0.4) is 0 Å². The molecular formula is C102H120N8O4+4. The monoisotopic (exact) mass is 1540 g/mol. The zero-order valence-electron chi connectivity index (χ0n) is 85.2. The Bertz CT molecular complexity index is 7030. The Balaban J connectivity index is 0.000000146. The summed E-state index contributed by atoms with van der Waals surface area (Å²) in [6, 6.07) is 40.7. The predicted molar refractivity (Wildman–Crippen MR) is 472 cm³/mol. The number of hydrogen-bond acceptors (Lipinski definition) is 8. The second-order valence-corrected chi connectivity index (χ2v) is 31.9. The van der Waals surface area contributed by atoms with E-state index in [0.29, 0.717) is 73.8 Å². The number of aryl methyl sites for hydroxylation is 14. The average molecular weight is 1540 g/mol. The number of benzene rings is 4. The van der Waals surface area contributed by atoms with E-state index < -0.39 is 50.0 Å². The number of pyridine rings is 8. The Morgan fingerprint density at radius 2 is 0.579 bits per heavy atom. The quantitative estimate of drug-likeness (QED) is 0.0878. The Hall–Kier alpha value is -10.7. The Labute approximate surface area is 695 Å². The van der Waals surface area contributed by atoms with Crippen molar-refractivity contribution in [3.8, 4) is 45.0 Å². The molecule has 0 aliphatic heterocycles. The van der Waals surface area contributed by atoms with E-state index in [9.17, 15) is 0 Å². The molecule has 12 heterocycles. The largest absolute Gasteiger partial charge is 0.437 e. The van der Waals surface area contributed by atoms with Gasteiger partial charge in [0.1, 0.15) is 28.2 Å². The minimum Gasteiger partial charge on any atom is -0.437 e. The zero-order chi connectivity index (χ0) is 94.2. The third-order valence-electron chi connectivity index (χ3n) is 22.3. The van der Waals surface area contributed by atoms with Gasteiger partial charge in [0.05, 0.1) is 22.3 Å². The van der Waals surface area contributed by atoms with Crippen LogP contribution in [0.15, 0.2) is 164 Å². The summed E-state index contributed by atoms with van der Waals surface area (Å²) in [5.41, 5.74) is 25.3. The van der Waals surface area contributed by atoms with Gasteiger partial charge in [-0.15, -0.1) is 0 Å². The molecule has 0 spiro atoms. The number of hydrogen-bond donors (Lipinski definition) is 0. The lowest BCUT2D eigenvalue weighted by atomic mass is 9.93. The molecule has 12 nitrogen and oxygen atoms in total. The van der Waals surface area contributed by atoms with E-state index >= 15 is 0 Å². The average Bonchev–Trinajstić information content (AvgIpc) is 1.63. The highest BCUT2D eigenvalue weighted by Crippen LogP contribution is 2.43. The Morgan fingerprint density at radius 3 is 0.833 bits per heavy atom. The SMILES string of the molecule is [2H]C(C)(C)c1cc(-c2c(C)ccc3c2oc2nc(CC)ccc23)[n+](C)cc1C([2H])([2H])C([2H])([2H])[2H].[2H]C([2H])(C)c1c[n+](C)c(-c2c(C)ccc3c2oc2nc(C(C)C)ccc23)cc1C(C)C.[2H]C([2H])(C)c1c[n+](C)c(-c2c(C)ccc3c2oc2nc(C(C)C)ccc23)cc1C([2H])(C)C.[2H]C([2H])(C)c1c[n+](C)c(-c2c(C)ccc3c2oc2nc(CC)ccc23)cc1C([2H])(C)C. The predicted octanol–water partition coefficient (Wildman–Crippen LogP) is 25.2. The van der Waals surface area contributed by atoms with Gasteiger partial charge in [0.15, 0.2) is 47.1 Å². The summed E-state index contributed by atoms with van der Waals surface area (Å²) in [6.45, 7) is 37.3. The van der Waals surface area contributed by atoms with E-state index in [4.69, 9.17) is 46.8 Å². The van der Waals surface area contributed by atoms with Crippen molar-refractivity contribution in [3.63, 3.8) is 0 Å². The first-order valence-corrected chi connectivity index (χ1v) is 39.8. The van der Waals surface area contributed by atoms with Crippen molar-refractivity contribution >= 4 is 88.3 Å². The van der Waals surface area contributed by atoms with Crippen molar-refractivity contribution in [2.45, 2.75) is 226 Å². The maximum atomic E-state index is 8.68. The molecule has 0 N–H and O–H groups in total. The molecule has 0 unspecified atom stereocenters. The Morgan fingerprint density at radius 1 is 0.325 bits per heavy atom. The van der Waals surface area contributed by atoms with Crippen LogP contribution >= 0.6 is 0 Å². The lowest BCUT2D eigenvalue weighted by Crippen LogP contribution is -2.32. The highest BCUT2D eigenvalue weighted by Gasteiger charge is 2.30. The van der Waals surface area contributed by atoms with Gasteiger partial charge >= 0.3 is 0 Å². The second-order valence-electron chi connectivity index (χ2n) is 31.9. The third kappa shape index (κ3) is 15.4. The first-order valence-electron chi connectivity index (χ1n) is 46.8. The Kier molecular flexibility index (Phi) is 18.9. The highest BCUT2D eigenvalue weighted by molar-refractivity contribution is 6.12. The molecule has 16 rings (SSSR count). The minimum atomic E-state index is -2.88. The number of aromatic nitrogens is 8. The number of fused-ring (bicyclic) bond motifs is 12. The number of nitrogens with zero attached hydrogens (tertiary/aromatic N) is 8. The molecule has 0 saturated carbocycles. The van der Waals surface area contributed by atoms with Crippen molar-refractivity contribution in [2.24, 2.45) is 28.2 Å². The summed E-state index contributed by atoms with van der Waals surface area (Å²) in [7, 11) is 7.56. The van der Waals surface area contributed by atoms with E-state index in [1.165, 1.54) is 6.20 Å². The molecule has 114 heavy (non-hydrogen) atoms. The van der Waals surface area contributed by atoms with Crippen LogP contribution in [0.5, 0.6) is 0 Å². The summed E-state index contributed by atoms with van der Waals surface area (Å²) >= 11 is 0. The topological polar surface area (TPSA) is 120 Å². The molecule has 0 atom stereocenters. The minimum absolute atomic E-state index is 0.0116. The van der Waals surface area contributed by atoms with Crippen LogP contribution in [-0.4, -0.2) is 19.9 Å². The van der Waals surface area contributed by atoms with Crippen LogP contribution in [-0.2, 0) is 66.5 Å². The van der Waals surface area contributed by atoms with E-state index in [2.05, 4.69) is 138 Å². The van der Waals surface area contributed by atoms with Crippen LogP contribution in [0.25, 0.3) is 133 Å². The second kappa shape index (κ2) is 33.4. The molecule has 0 radical (unpaired) electrons. The van der Waals surface area contributed by atoms with Crippen LogP contribution < -0.4 is 18.3 Å². The van der Waals surface area contributed by atoms with Gasteiger partial charge < -0.3 is 17.7 Å². The highest BCUT2D eigenvalue weighted by atomic mass is 16.4. The van der Waals surface area contributed by atoms with E-state index in [0.717, 1.165) is 168 Å². The third-order valence-corrected chi connectivity index (χ3v) is 22.3. The van der Waals surface area contributed by atoms with Gasteiger partial charge in [0.2, 0.25) is 45.6 Å². The molecule has 12 aromatic heterocycles. The van der Waals surface area contributed by atoms with Gasteiger partial charge in [-0.05, 0) is 195 Å². The van der Waals surface area contributed by atoms with Gasteiger partial charge in [0.25, 0.3) is 0 Å². The van der Waals surface area contributed by atoms with Gasteiger partial charge in [-0.2, -0.15) is 0 Å². The summed E-state index contributed by atoms with van der Waals surface area (Å²) < 4.78 is 149. The fraction of sp³-hybridized carbons (Fsp3) is 0.373. The van der Waals surface area contributed by atoms with Crippen LogP contribution in [0.4, 0.5) is 0 Å². The summed E-state index contributed by atoms with van der Waals surface area (Å²) in [5.74, 6) is -2.29. The maximum absolute atomic E-state index is 8.68. The first kappa shape index (κ1) is 64.6. The fourth-order valence-electron chi connectivity index (χ4n) is 15.7. The standard InChI is InChI=1S/2C26H31N2O.2C25H29N2O/c2*1-8-18-14-28(7)23(13-21(18)15(2)3)24-17(6)9-10-19-20-11-12-22(16(4)5)27-26(20)29-25(19)24;2*1-7-17-14-27(6)22(13-21(17)15(3)4)23-16(5)9-11-19-20-12-10-18(8-2)26-25(20)28-24(19)23/h2*9-16H,8H2,1-7H3;2*9-15H,7-8H2,1-6H3/q4*+1/i8D2,15D;8D2;1D3,7D2,15D;7D2,15D. The van der Waals surface area contributed by atoms with Gasteiger partial charge in [-0.3, -0.25) is 0 Å². The van der Waals surface area contributed by atoms with Gasteiger partial charge in [-0.1, -0.05) is 173 Å². The molecule has 0 bridgehead atoms. The summed E-state index contributed by atoms with van der Waals surface area (Å²) in [6.07, 6.45) is 1.57. The molecule has 0 saturated heterocycles. The van der Waals surface area contributed by atoms with Crippen molar-refractivity contribution < 1.29 is 55.1 Å². The molecule has 0 aliphatic rings. The molecule has 0 aliphatic carbocycles. The van der Waals surface area contributed by atoms with E-state index in [1.807, 2.05) is 124 Å². The van der Waals surface area contributed by atoms with Gasteiger partial charge in [-0.25, -0.2) is 38.2 Å². The summed E-state index contributed by atoms with van der Waals surface area (Å²) in [5, 5.41) is 7.88. The number of furan rings is 4. The van der Waals surface area contributed by atoms with Crippen LogP contribution in [0, 0.1) is 27.7 Å². The van der Waals surface area contributed by atoms with E-state index in [-0.39, 0.29) is 11.5 Å².